The van der Waals surface area contributed by atoms with Crippen LogP contribution in [0.25, 0.3) is 0 Å². The Morgan fingerprint density at radius 3 is 2.71 bits per heavy atom. The summed E-state index contributed by atoms with van der Waals surface area (Å²) < 4.78 is 0. The molecular formula is C19H28N2OS2. The fourth-order valence-electron chi connectivity index (χ4n) is 3.31. The molecule has 24 heavy (non-hydrogen) atoms. The molecule has 0 atom stereocenters. The van der Waals surface area contributed by atoms with Crippen LogP contribution in [0.1, 0.15) is 40.1 Å². The molecular weight excluding hydrogens is 336 g/mol. The van der Waals surface area contributed by atoms with Crippen LogP contribution in [0.3, 0.4) is 0 Å². The Balaban J connectivity index is 1.57. The molecule has 2 aromatic rings. The second-order valence-electron chi connectivity index (χ2n) is 6.72. The van der Waals surface area contributed by atoms with Gasteiger partial charge in [-0.2, -0.15) is 0 Å². The molecule has 132 valence electrons. The Bertz CT molecular complexity index is 616. The first kappa shape index (κ1) is 18.1. The van der Waals surface area contributed by atoms with Crippen molar-refractivity contribution in [3.05, 3.63) is 43.8 Å². The van der Waals surface area contributed by atoms with Crippen molar-refractivity contribution in [3.63, 3.8) is 0 Å². The van der Waals surface area contributed by atoms with Crippen molar-refractivity contribution in [2.24, 2.45) is 0 Å². The molecule has 1 fully saturated rings. The maximum atomic E-state index is 9.39. The summed E-state index contributed by atoms with van der Waals surface area (Å²) in [5, 5.41) is 13.9. The van der Waals surface area contributed by atoms with E-state index in [0.29, 0.717) is 0 Å². The highest BCUT2D eigenvalue weighted by molar-refractivity contribution is 7.10. The summed E-state index contributed by atoms with van der Waals surface area (Å²) in [5.74, 6) is 0. The van der Waals surface area contributed by atoms with Gasteiger partial charge in [-0.25, -0.2) is 0 Å². The molecule has 0 aromatic carbocycles. The zero-order valence-electron chi connectivity index (χ0n) is 14.5. The zero-order valence-corrected chi connectivity index (χ0v) is 16.2. The lowest BCUT2D eigenvalue weighted by molar-refractivity contribution is 0.186. The second-order valence-corrected chi connectivity index (χ2v) is 8.72. The van der Waals surface area contributed by atoms with Gasteiger partial charge in [-0.3, -0.25) is 9.80 Å². The molecule has 1 N–H and O–H groups in total. The molecule has 1 saturated heterocycles. The first-order valence-corrected chi connectivity index (χ1v) is 10.7. The first-order valence-electron chi connectivity index (χ1n) is 8.89. The number of aliphatic hydroxyl groups excluding tert-OH is 1. The van der Waals surface area contributed by atoms with Gasteiger partial charge in [0, 0.05) is 35.9 Å². The third-order valence-corrected chi connectivity index (χ3v) is 6.67. The van der Waals surface area contributed by atoms with Crippen molar-refractivity contribution in [2.45, 2.75) is 45.8 Å². The molecule has 0 amide bonds. The topological polar surface area (TPSA) is 26.7 Å². The van der Waals surface area contributed by atoms with Gasteiger partial charge in [0.15, 0.2) is 0 Å². The van der Waals surface area contributed by atoms with Gasteiger partial charge < -0.3 is 5.11 Å². The molecule has 2 aromatic heterocycles. The molecule has 5 heteroatoms. The van der Waals surface area contributed by atoms with Crippen LogP contribution in [0.4, 0.5) is 0 Å². The van der Waals surface area contributed by atoms with Crippen molar-refractivity contribution in [1.29, 1.82) is 0 Å². The van der Waals surface area contributed by atoms with Gasteiger partial charge in [0.25, 0.3) is 0 Å². The molecule has 3 heterocycles. The summed E-state index contributed by atoms with van der Waals surface area (Å²) in [4.78, 5) is 7.75. The standard InChI is InChI=1S/C19H28N2OS2/c1-16-5-10-23-19(16)14-21(8-9-22)13-18-11-17(15-24-18)12-20-6-3-2-4-7-20/h5,10-11,15,22H,2-4,6-9,12-14H2,1H3. The maximum Gasteiger partial charge on any atom is 0.0558 e. The van der Waals surface area contributed by atoms with E-state index in [-0.39, 0.29) is 6.61 Å². The van der Waals surface area contributed by atoms with E-state index < -0.39 is 0 Å². The van der Waals surface area contributed by atoms with E-state index in [1.807, 2.05) is 22.7 Å². The SMILES string of the molecule is Cc1ccsc1CN(CCO)Cc1cc(CN2CCCCC2)cs1. The summed E-state index contributed by atoms with van der Waals surface area (Å²) in [7, 11) is 0. The smallest absolute Gasteiger partial charge is 0.0558 e. The lowest BCUT2D eigenvalue weighted by Gasteiger charge is -2.25. The van der Waals surface area contributed by atoms with Gasteiger partial charge >= 0.3 is 0 Å². The monoisotopic (exact) mass is 364 g/mol. The van der Waals surface area contributed by atoms with E-state index in [2.05, 4.69) is 39.6 Å². The van der Waals surface area contributed by atoms with Crippen molar-refractivity contribution < 1.29 is 5.11 Å². The second kappa shape index (κ2) is 9.11. The van der Waals surface area contributed by atoms with Crippen LogP contribution in [0.15, 0.2) is 22.9 Å². The number of nitrogens with zero attached hydrogens (tertiary/aromatic N) is 2. The minimum atomic E-state index is 0.219. The number of thiophene rings is 2. The van der Waals surface area contributed by atoms with E-state index >= 15 is 0 Å². The Morgan fingerprint density at radius 1 is 1.17 bits per heavy atom. The number of hydrogen-bond donors (Lipinski definition) is 1. The van der Waals surface area contributed by atoms with Gasteiger partial charge in [-0.05, 0) is 66.9 Å². The summed E-state index contributed by atoms with van der Waals surface area (Å²) in [5.41, 5.74) is 2.81. The van der Waals surface area contributed by atoms with Crippen molar-refractivity contribution in [3.8, 4) is 0 Å². The van der Waals surface area contributed by atoms with Crippen molar-refractivity contribution in [1.82, 2.24) is 9.80 Å². The molecule has 1 aliphatic heterocycles. The average molecular weight is 365 g/mol. The van der Waals surface area contributed by atoms with Crippen LogP contribution >= 0.6 is 22.7 Å². The quantitative estimate of drug-likeness (QED) is 0.764. The van der Waals surface area contributed by atoms with Crippen molar-refractivity contribution in [2.75, 3.05) is 26.2 Å². The Hall–Kier alpha value is -0.720. The predicted octanol–water partition coefficient (Wildman–Crippen LogP) is 4.10. The van der Waals surface area contributed by atoms with Crippen LogP contribution in [-0.4, -0.2) is 41.1 Å². The molecule has 1 aliphatic rings. The third kappa shape index (κ3) is 5.14. The number of rotatable bonds is 8. The number of hydrogen-bond acceptors (Lipinski definition) is 5. The number of aliphatic hydroxyl groups is 1. The van der Waals surface area contributed by atoms with Gasteiger partial charge in [0.05, 0.1) is 6.61 Å². The normalized spacial score (nSPS) is 16.1. The largest absolute Gasteiger partial charge is 0.395 e. The molecule has 3 nitrogen and oxygen atoms in total. The van der Waals surface area contributed by atoms with Crippen LogP contribution in [0.5, 0.6) is 0 Å². The Labute approximate surface area is 153 Å². The summed E-state index contributed by atoms with van der Waals surface area (Å²) in [6, 6.07) is 4.55. The van der Waals surface area contributed by atoms with Crippen LogP contribution < -0.4 is 0 Å². The zero-order chi connectivity index (χ0) is 16.8. The lowest BCUT2D eigenvalue weighted by Crippen LogP contribution is -2.28. The fraction of sp³-hybridized carbons (Fsp3) is 0.579. The number of piperidine rings is 1. The molecule has 0 unspecified atom stereocenters. The number of aryl methyl sites for hydroxylation is 1. The number of likely N-dealkylation sites (tertiary alicyclic amines) is 1. The van der Waals surface area contributed by atoms with Gasteiger partial charge in [0.1, 0.15) is 0 Å². The van der Waals surface area contributed by atoms with E-state index in [1.54, 1.807) is 0 Å². The third-order valence-electron chi connectivity index (χ3n) is 4.69. The lowest BCUT2D eigenvalue weighted by atomic mass is 10.1. The minimum absolute atomic E-state index is 0.219. The summed E-state index contributed by atoms with van der Waals surface area (Å²) in [6.07, 6.45) is 4.09. The fourth-order valence-corrected chi connectivity index (χ4v) is 5.18. The summed E-state index contributed by atoms with van der Waals surface area (Å²) in [6.45, 7) is 8.59. The highest BCUT2D eigenvalue weighted by Gasteiger charge is 2.13. The Morgan fingerprint density at radius 2 is 2.00 bits per heavy atom. The van der Waals surface area contributed by atoms with E-state index in [0.717, 1.165) is 26.2 Å². The van der Waals surface area contributed by atoms with Gasteiger partial charge in [-0.1, -0.05) is 6.42 Å². The molecule has 3 rings (SSSR count). The van der Waals surface area contributed by atoms with Crippen LogP contribution in [-0.2, 0) is 19.6 Å². The van der Waals surface area contributed by atoms with E-state index in [9.17, 15) is 5.11 Å². The van der Waals surface area contributed by atoms with Gasteiger partial charge in [-0.15, -0.1) is 22.7 Å². The van der Waals surface area contributed by atoms with Gasteiger partial charge in [0.2, 0.25) is 0 Å². The van der Waals surface area contributed by atoms with Crippen LogP contribution in [0.2, 0.25) is 0 Å². The molecule has 0 radical (unpaired) electrons. The first-order chi connectivity index (χ1) is 11.7. The molecule has 0 spiro atoms. The van der Waals surface area contributed by atoms with Crippen LogP contribution in [0, 0.1) is 6.92 Å². The highest BCUT2D eigenvalue weighted by Crippen LogP contribution is 2.23. The highest BCUT2D eigenvalue weighted by atomic mass is 32.1. The minimum Gasteiger partial charge on any atom is -0.395 e. The maximum absolute atomic E-state index is 9.39. The van der Waals surface area contributed by atoms with Crippen molar-refractivity contribution >= 4 is 22.7 Å². The molecule has 0 bridgehead atoms. The van der Waals surface area contributed by atoms with E-state index in [4.69, 9.17) is 0 Å². The summed E-state index contributed by atoms with van der Waals surface area (Å²) >= 11 is 3.68. The Kier molecular flexibility index (Phi) is 6.86. The predicted molar refractivity (Wildman–Crippen MR) is 104 cm³/mol. The molecule has 0 saturated carbocycles. The molecule has 0 aliphatic carbocycles. The van der Waals surface area contributed by atoms with E-state index in [1.165, 1.54) is 53.2 Å². The average Bonchev–Trinajstić information content (AvgIpc) is 3.18.